The van der Waals surface area contributed by atoms with E-state index in [-0.39, 0.29) is 0 Å². The Morgan fingerprint density at radius 1 is 1.13 bits per heavy atom. The van der Waals surface area contributed by atoms with Crippen molar-refractivity contribution < 1.29 is 19.0 Å². The van der Waals surface area contributed by atoms with Crippen LogP contribution in [0.25, 0.3) is 11.0 Å². The predicted molar refractivity (Wildman–Crippen MR) is 116 cm³/mol. The summed E-state index contributed by atoms with van der Waals surface area (Å²) in [6.45, 7) is 5.08. The summed E-state index contributed by atoms with van der Waals surface area (Å²) in [5, 5.41) is 4.11. The van der Waals surface area contributed by atoms with Crippen molar-refractivity contribution in [1.82, 2.24) is 15.0 Å². The summed E-state index contributed by atoms with van der Waals surface area (Å²) in [7, 11) is 4.50. The third-order valence-electron chi connectivity index (χ3n) is 4.50. The lowest BCUT2D eigenvalue weighted by Crippen LogP contribution is -2.18. The van der Waals surface area contributed by atoms with Crippen LogP contribution in [0.2, 0.25) is 0 Å². The summed E-state index contributed by atoms with van der Waals surface area (Å²) in [6.07, 6.45) is 1.55. The van der Waals surface area contributed by atoms with Crippen LogP contribution in [0, 0.1) is 5.92 Å². The molecule has 30 heavy (non-hydrogen) atoms. The zero-order valence-electron chi connectivity index (χ0n) is 17.8. The van der Waals surface area contributed by atoms with Crippen molar-refractivity contribution >= 4 is 23.2 Å². The molecule has 158 valence electrons. The molecule has 3 aromatic rings. The van der Waals surface area contributed by atoms with Gasteiger partial charge >= 0.3 is 0 Å². The lowest BCUT2D eigenvalue weighted by molar-refractivity contribution is 0.0954. The van der Waals surface area contributed by atoms with E-state index in [4.69, 9.17) is 14.2 Å². The number of hydrazone groups is 1. The molecule has 1 N–H and O–H groups in total. The van der Waals surface area contributed by atoms with Crippen LogP contribution in [-0.4, -0.2) is 43.0 Å². The van der Waals surface area contributed by atoms with Gasteiger partial charge in [-0.15, -0.1) is 0 Å². The Morgan fingerprint density at radius 3 is 2.40 bits per heavy atom. The van der Waals surface area contributed by atoms with Gasteiger partial charge in [0, 0.05) is 12.1 Å². The Balaban J connectivity index is 1.84. The first kappa shape index (κ1) is 21.2. The first-order valence-electron chi connectivity index (χ1n) is 9.57. The van der Waals surface area contributed by atoms with Crippen LogP contribution in [0.3, 0.4) is 0 Å². The number of imidazole rings is 1. The largest absolute Gasteiger partial charge is 0.493 e. The van der Waals surface area contributed by atoms with Crippen molar-refractivity contribution in [3.8, 4) is 17.2 Å². The number of aromatic nitrogens is 2. The van der Waals surface area contributed by atoms with Crippen LogP contribution in [0.4, 0.5) is 0 Å². The summed E-state index contributed by atoms with van der Waals surface area (Å²) in [6, 6.07) is 11.0. The van der Waals surface area contributed by atoms with E-state index in [9.17, 15) is 4.79 Å². The van der Waals surface area contributed by atoms with E-state index in [2.05, 4.69) is 33.9 Å². The molecule has 8 nitrogen and oxygen atoms in total. The summed E-state index contributed by atoms with van der Waals surface area (Å²) in [5.41, 5.74) is 4.78. The number of carbonyl (C=O) groups is 1. The van der Waals surface area contributed by atoms with Crippen molar-refractivity contribution in [2.45, 2.75) is 20.4 Å². The number of ether oxygens (including phenoxy) is 3. The van der Waals surface area contributed by atoms with E-state index in [1.54, 1.807) is 18.3 Å². The van der Waals surface area contributed by atoms with Gasteiger partial charge in [-0.05, 0) is 30.2 Å². The van der Waals surface area contributed by atoms with Crippen LogP contribution in [0.5, 0.6) is 17.2 Å². The minimum atomic E-state index is -0.406. The van der Waals surface area contributed by atoms with Crippen LogP contribution >= 0.6 is 0 Å². The Morgan fingerprint density at radius 2 is 1.80 bits per heavy atom. The summed E-state index contributed by atoms with van der Waals surface area (Å²) in [4.78, 5) is 17.2. The molecule has 0 aliphatic heterocycles. The maximum atomic E-state index is 12.6. The van der Waals surface area contributed by atoms with E-state index >= 15 is 0 Å². The third-order valence-corrected chi connectivity index (χ3v) is 4.50. The Bertz CT molecular complexity index is 1050. The zero-order chi connectivity index (χ0) is 21.7. The van der Waals surface area contributed by atoms with Crippen molar-refractivity contribution in [3.05, 3.63) is 47.8 Å². The molecule has 0 aliphatic carbocycles. The molecule has 0 atom stereocenters. The molecule has 1 amide bonds. The SMILES string of the molecule is COc1cc(C(=O)N/N=C\c2nc3ccccc3n2CC(C)C)cc(OC)c1OC. The van der Waals surface area contributed by atoms with Gasteiger partial charge in [0.25, 0.3) is 5.91 Å². The van der Waals surface area contributed by atoms with E-state index in [0.717, 1.165) is 17.6 Å². The van der Waals surface area contributed by atoms with Gasteiger partial charge in [0.1, 0.15) is 0 Å². The van der Waals surface area contributed by atoms with Crippen LogP contribution in [0.1, 0.15) is 30.0 Å². The Labute approximate surface area is 175 Å². The number of para-hydroxylation sites is 2. The fourth-order valence-electron chi connectivity index (χ4n) is 3.18. The number of amides is 1. The topological polar surface area (TPSA) is 87.0 Å². The number of rotatable bonds is 8. The lowest BCUT2D eigenvalue weighted by Gasteiger charge is -2.13. The molecule has 0 fully saturated rings. The lowest BCUT2D eigenvalue weighted by atomic mass is 10.1. The minimum absolute atomic E-state index is 0.331. The molecule has 0 unspecified atom stereocenters. The Hall–Kier alpha value is -3.55. The molecule has 2 aromatic carbocycles. The third kappa shape index (κ3) is 4.37. The van der Waals surface area contributed by atoms with Gasteiger partial charge in [-0.25, -0.2) is 10.4 Å². The van der Waals surface area contributed by atoms with Gasteiger partial charge in [-0.2, -0.15) is 5.10 Å². The van der Waals surface area contributed by atoms with Gasteiger partial charge in [-0.3, -0.25) is 4.79 Å². The average Bonchev–Trinajstić information content (AvgIpc) is 3.09. The standard InChI is InChI=1S/C22H26N4O4/c1-14(2)13-26-17-9-7-6-8-16(17)24-20(26)12-23-25-22(27)15-10-18(28-3)21(30-5)19(11-15)29-4/h6-12,14H,13H2,1-5H3,(H,25,27)/b23-12-. The predicted octanol–water partition coefficient (Wildman–Crippen LogP) is 3.48. The molecule has 0 bridgehead atoms. The van der Waals surface area contributed by atoms with Crippen molar-refractivity contribution in [2.75, 3.05) is 21.3 Å². The van der Waals surface area contributed by atoms with Crippen molar-refractivity contribution in [1.29, 1.82) is 0 Å². The normalized spacial score (nSPS) is 11.3. The molecule has 0 aliphatic rings. The Kier molecular flexibility index (Phi) is 6.56. The number of benzene rings is 2. The van der Waals surface area contributed by atoms with Crippen LogP contribution in [-0.2, 0) is 6.54 Å². The van der Waals surface area contributed by atoms with E-state index < -0.39 is 5.91 Å². The zero-order valence-corrected chi connectivity index (χ0v) is 17.8. The van der Waals surface area contributed by atoms with Gasteiger partial charge in [0.2, 0.25) is 5.75 Å². The van der Waals surface area contributed by atoms with Crippen molar-refractivity contribution in [2.24, 2.45) is 11.0 Å². The molecular weight excluding hydrogens is 384 g/mol. The maximum absolute atomic E-state index is 12.6. The number of carbonyl (C=O) groups excluding carboxylic acids is 1. The quantitative estimate of drug-likeness (QED) is 0.454. The summed E-state index contributed by atoms with van der Waals surface area (Å²) in [5.74, 6) is 1.91. The first-order chi connectivity index (χ1) is 14.5. The minimum Gasteiger partial charge on any atom is -0.493 e. The molecule has 1 heterocycles. The fourth-order valence-corrected chi connectivity index (χ4v) is 3.18. The van der Waals surface area contributed by atoms with Crippen LogP contribution in [0.15, 0.2) is 41.5 Å². The second kappa shape index (κ2) is 9.30. The number of hydrogen-bond donors (Lipinski definition) is 1. The molecule has 0 radical (unpaired) electrons. The molecular formula is C22H26N4O4. The second-order valence-electron chi connectivity index (χ2n) is 7.08. The molecule has 0 spiro atoms. The number of nitrogens with zero attached hydrogens (tertiary/aromatic N) is 3. The van der Waals surface area contributed by atoms with E-state index in [0.29, 0.717) is 34.6 Å². The van der Waals surface area contributed by atoms with Gasteiger partial charge in [-0.1, -0.05) is 26.0 Å². The molecule has 1 aromatic heterocycles. The van der Waals surface area contributed by atoms with E-state index in [1.807, 2.05) is 24.3 Å². The summed E-state index contributed by atoms with van der Waals surface area (Å²) >= 11 is 0. The fraction of sp³-hybridized carbons (Fsp3) is 0.318. The van der Waals surface area contributed by atoms with E-state index in [1.165, 1.54) is 21.3 Å². The molecule has 0 saturated carbocycles. The average molecular weight is 410 g/mol. The molecule has 3 rings (SSSR count). The van der Waals surface area contributed by atoms with Gasteiger partial charge < -0.3 is 18.8 Å². The highest BCUT2D eigenvalue weighted by Crippen LogP contribution is 2.38. The monoisotopic (exact) mass is 410 g/mol. The highest BCUT2D eigenvalue weighted by molar-refractivity contribution is 5.96. The number of hydrogen-bond acceptors (Lipinski definition) is 6. The number of methoxy groups -OCH3 is 3. The van der Waals surface area contributed by atoms with Gasteiger partial charge in [0.05, 0.1) is 38.6 Å². The van der Waals surface area contributed by atoms with Crippen molar-refractivity contribution in [3.63, 3.8) is 0 Å². The first-order valence-corrected chi connectivity index (χ1v) is 9.57. The second-order valence-corrected chi connectivity index (χ2v) is 7.08. The smallest absolute Gasteiger partial charge is 0.271 e. The highest BCUT2D eigenvalue weighted by atomic mass is 16.5. The maximum Gasteiger partial charge on any atom is 0.271 e. The number of nitrogens with one attached hydrogen (secondary N) is 1. The molecule has 0 saturated heterocycles. The summed E-state index contributed by atoms with van der Waals surface area (Å²) < 4.78 is 18.0. The molecule has 8 heteroatoms. The van der Waals surface area contributed by atoms with Gasteiger partial charge in [0.15, 0.2) is 17.3 Å². The number of fused-ring (bicyclic) bond motifs is 1. The highest BCUT2D eigenvalue weighted by Gasteiger charge is 2.17. The van der Waals surface area contributed by atoms with Crippen LogP contribution < -0.4 is 19.6 Å².